The summed E-state index contributed by atoms with van der Waals surface area (Å²) < 4.78 is 5.71. The fraction of sp³-hybridized carbons (Fsp3) is 0.250. The number of carbonyl (C=O) groups is 1. The summed E-state index contributed by atoms with van der Waals surface area (Å²) in [5, 5.41) is 11.1. The molecular weight excluding hydrogens is 346 g/mol. The van der Waals surface area contributed by atoms with E-state index in [1.54, 1.807) is 0 Å². The predicted molar refractivity (Wildman–Crippen MR) is 104 cm³/mol. The van der Waals surface area contributed by atoms with E-state index < -0.39 is 0 Å². The Morgan fingerprint density at radius 2 is 1.88 bits per heavy atom. The number of hydrogen-bond donors (Lipinski definition) is 1. The molecule has 5 nitrogen and oxygen atoms in total. The van der Waals surface area contributed by atoms with Crippen molar-refractivity contribution < 1.29 is 9.21 Å². The number of thioether (sulfide) groups is 1. The zero-order chi connectivity index (χ0) is 18.5. The van der Waals surface area contributed by atoms with Crippen LogP contribution in [0.5, 0.6) is 0 Å². The first-order valence-electron chi connectivity index (χ1n) is 8.52. The van der Waals surface area contributed by atoms with Gasteiger partial charge in [0.1, 0.15) is 0 Å². The molecule has 1 aromatic heterocycles. The van der Waals surface area contributed by atoms with Crippen molar-refractivity contribution in [2.75, 3.05) is 5.32 Å². The number of aromatic nitrogens is 2. The van der Waals surface area contributed by atoms with Gasteiger partial charge < -0.3 is 9.73 Å². The molecule has 1 atom stereocenters. The summed E-state index contributed by atoms with van der Waals surface area (Å²) >= 11 is 1.25. The van der Waals surface area contributed by atoms with Crippen LogP contribution in [-0.4, -0.2) is 21.4 Å². The molecule has 3 rings (SSSR count). The Balaban J connectivity index is 1.63. The molecule has 0 aliphatic heterocycles. The zero-order valence-electron chi connectivity index (χ0n) is 15.0. The number of nitrogens with one attached hydrogen (secondary N) is 1. The topological polar surface area (TPSA) is 68.0 Å². The summed E-state index contributed by atoms with van der Waals surface area (Å²) in [7, 11) is 0. The van der Waals surface area contributed by atoms with Gasteiger partial charge in [-0.1, -0.05) is 49.0 Å². The quantitative estimate of drug-likeness (QED) is 0.638. The van der Waals surface area contributed by atoms with Gasteiger partial charge in [0.15, 0.2) is 0 Å². The Morgan fingerprint density at radius 3 is 2.58 bits per heavy atom. The van der Waals surface area contributed by atoms with E-state index in [1.165, 1.54) is 17.3 Å². The van der Waals surface area contributed by atoms with Gasteiger partial charge in [-0.05, 0) is 49.6 Å². The first kappa shape index (κ1) is 18.2. The highest BCUT2D eigenvalue weighted by Gasteiger charge is 2.19. The standard InChI is InChI=1S/C20H21N3O2S/c1-4-15-9-11-16(12-10-15)21-18(24)14(3)26-20-23-22-19(25-20)17-8-6-5-7-13(17)2/h5-12,14H,4H2,1-3H3,(H,21,24)/t14-/m1/s1. The van der Waals surface area contributed by atoms with E-state index in [0.717, 1.165) is 23.2 Å². The Kier molecular flexibility index (Phi) is 5.73. The molecule has 1 heterocycles. The molecule has 0 aliphatic carbocycles. The summed E-state index contributed by atoms with van der Waals surface area (Å²) in [6.07, 6.45) is 0.973. The first-order chi connectivity index (χ1) is 12.6. The van der Waals surface area contributed by atoms with Crippen LogP contribution in [0.25, 0.3) is 11.5 Å². The number of hydrogen-bond acceptors (Lipinski definition) is 5. The van der Waals surface area contributed by atoms with Crippen molar-refractivity contribution in [1.29, 1.82) is 0 Å². The maximum atomic E-state index is 12.4. The van der Waals surface area contributed by atoms with Gasteiger partial charge in [-0.2, -0.15) is 0 Å². The molecule has 3 aromatic rings. The average molecular weight is 367 g/mol. The number of nitrogens with zero attached hydrogens (tertiary/aromatic N) is 2. The van der Waals surface area contributed by atoms with E-state index in [1.807, 2.05) is 62.4 Å². The van der Waals surface area contributed by atoms with Gasteiger partial charge in [0.25, 0.3) is 5.22 Å². The lowest BCUT2D eigenvalue weighted by atomic mass is 10.1. The number of amides is 1. The summed E-state index contributed by atoms with van der Waals surface area (Å²) in [4.78, 5) is 12.4. The Labute approximate surface area is 157 Å². The van der Waals surface area contributed by atoms with Crippen LogP contribution in [0.1, 0.15) is 25.0 Å². The number of carbonyl (C=O) groups excluding carboxylic acids is 1. The lowest BCUT2D eigenvalue weighted by molar-refractivity contribution is -0.115. The third-order valence-electron chi connectivity index (χ3n) is 4.06. The van der Waals surface area contributed by atoms with Gasteiger partial charge >= 0.3 is 0 Å². The number of rotatable bonds is 6. The van der Waals surface area contributed by atoms with Gasteiger partial charge in [0.05, 0.1) is 5.25 Å². The molecule has 0 spiro atoms. The predicted octanol–water partition coefficient (Wildman–Crippen LogP) is 4.73. The molecule has 1 N–H and O–H groups in total. The minimum absolute atomic E-state index is 0.102. The molecule has 2 aromatic carbocycles. The molecular formula is C20H21N3O2S. The van der Waals surface area contributed by atoms with E-state index >= 15 is 0 Å². The van der Waals surface area contributed by atoms with Crippen molar-refractivity contribution in [3.63, 3.8) is 0 Å². The minimum Gasteiger partial charge on any atom is -0.411 e. The molecule has 0 unspecified atom stereocenters. The molecule has 0 saturated heterocycles. The van der Waals surface area contributed by atoms with E-state index in [0.29, 0.717) is 11.1 Å². The van der Waals surface area contributed by atoms with E-state index in [4.69, 9.17) is 4.42 Å². The lowest BCUT2D eigenvalue weighted by Gasteiger charge is -2.10. The number of benzene rings is 2. The molecule has 0 radical (unpaired) electrons. The third kappa shape index (κ3) is 4.32. The second kappa shape index (κ2) is 8.19. The first-order valence-corrected chi connectivity index (χ1v) is 9.40. The molecule has 0 saturated carbocycles. The second-order valence-electron chi connectivity index (χ2n) is 5.99. The summed E-state index contributed by atoms with van der Waals surface area (Å²) in [5.41, 5.74) is 3.99. The van der Waals surface area contributed by atoms with E-state index in [2.05, 4.69) is 22.4 Å². The molecule has 1 amide bonds. The summed E-state index contributed by atoms with van der Waals surface area (Å²) in [5.74, 6) is 0.364. The maximum absolute atomic E-state index is 12.4. The van der Waals surface area contributed by atoms with Gasteiger partial charge in [-0.15, -0.1) is 10.2 Å². The second-order valence-corrected chi connectivity index (χ2v) is 7.28. The van der Waals surface area contributed by atoms with Gasteiger partial charge in [-0.25, -0.2) is 0 Å². The van der Waals surface area contributed by atoms with Gasteiger partial charge in [0.2, 0.25) is 11.8 Å². The SMILES string of the molecule is CCc1ccc(NC(=O)[C@@H](C)Sc2nnc(-c3ccccc3C)o2)cc1. The Morgan fingerprint density at radius 1 is 1.15 bits per heavy atom. The van der Waals surface area contributed by atoms with Crippen LogP contribution in [0, 0.1) is 6.92 Å². The van der Waals surface area contributed by atoms with Crippen molar-refractivity contribution >= 4 is 23.4 Å². The zero-order valence-corrected chi connectivity index (χ0v) is 15.8. The van der Waals surface area contributed by atoms with Gasteiger partial charge in [0, 0.05) is 11.3 Å². The summed E-state index contributed by atoms with van der Waals surface area (Å²) in [6.45, 7) is 5.91. The lowest BCUT2D eigenvalue weighted by Crippen LogP contribution is -2.22. The van der Waals surface area contributed by atoms with Crippen LogP contribution in [0.15, 0.2) is 58.2 Å². The maximum Gasteiger partial charge on any atom is 0.277 e. The molecule has 134 valence electrons. The highest BCUT2D eigenvalue weighted by molar-refractivity contribution is 8.00. The van der Waals surface area contributed by atoms with E-state index in [-0.39, 0.29) is 11.2 Å². The van der Waals surface area contributed by atoms with Crippen LogP contribution < -0.4 is 5.32 Å². The number of aryl methyl sites for hydroxylation is 2. The molecule has 0 fully saturated rings. The summed E-state index contributed by atoms with van der Waals surface area (Å²) in [6, 6.07) is 15.7. The Bertz CT molecular complexity index is 890. The van der Waals surface area contributed by atoms with Crippen LogP contribution in [0.4, 0.5) is 5.69 Å². The molecule has 6 heteroatoms. The van der Waals surface area contributed by atoms with Crippen LogP contribution in [-0.2, 0) is 11.2 Å². The van der Waals surface area contributed by atoms with Crippen LogP contribution in [0.2, 0.25) is 0 Å². The molecule has 0 aliphatic rings. The largest absolute Gasteiger partial charge is 0.411 e. The van der Waals surface area contributed by atoms with Crippen molar-refractivity contribution in [3.8, 4) is 11.5 Å². The average Bonchev–Trinajstić information content (AvgIpc) is 3.11. The number of anilines is 1. The smallest absolute Gasteiger partial charge is 0.277 e. The normalized spacial score (nSPS) is 12.0. The molecule has 0 bridgehead atoms. The highest BCUT2D eigenvalue weighted by Crippen LogP contribution is 2.28. The highest BCUT2D eigenvalue weighted by atomic mass is 32.2. The van der Waals surface area contributed by atoms with Crippen molar-refractivity contribution in [2.24, 2.45) is 0 Å². The fourth-order valence-electron chi connectivity index (χ4n) is 2.45. The van der Waals surface area contributed by atoms with Crippen molar-refractivity contribution in [3.05, 3.63) is 59.7 Å². The van der Waals surface area contributed by atoms with E-state index in [9.17, 15) is 4.79 Å². The van der Waals surface area contributed by atoms with Crippen molar-refractivity contribution in [1.82, 2.24) is 10.2 Å². The monoisotopic (exact) mass is 367 g/mol. The van der Waals surface area contributed by atoms with Gasteiger partial charge in [-0.3, -0.25) is 4.79 Å². The molecule has 26 heavy (non-hydrogen) atoms. The van der Waals surface area contributed by atoms with Crippen molar-refractivity contribution in [2.45, 2.75) is 37.7 Å². The van der Waals surface area contributed by atoms with Crippen LogP contribution >= 0.6 is 11.8 Å². The fourth-order valence-corrected chi connectivity index (χ4v) is 3.13. The minimum atomic E-state index is -0.356. The van der Waals surface area contributed by atoms with Crippen LogP contribution in [0.3, 0.4) is 0 Å². The Hall–Kier alpha value is -2.60. The third-order valence-corrected chi connectivity index (χ3v) is 4.99.